The van der Waals surface area contributed by atoms with Crippen molar-refractivity contribution in [2.24, 2.45) is 11.8 Å². The monoisotopic (exact) mass is 317 g/mol. The lowest BCUT2D eigenvalue weighted by atomic mass is 9.96. The number of amides is 1. The number of thioether (sulfide) groups is 1. The minimum absolute atomic E-state index is 0.0114. The molecule has 116 valence electrons. The first-order chi connectivity index (χ1) is 9.40. The van der Waals surface area contributed by atoms with Gasteiger partial charge >= 0.3 is 0 Å². The lowest BCUT2D eigenvalue weighted by molar-refractivity contribution is -0.136. The van der Waals surface area contributed by atoms with Crippen LogP contribution < -0.4 is 0 Å². The van der Waals surface area contributed by atoms with Gasteiger partial charge in [0, 0.05) is 11.8 Å². The summed E-state index contributed by atoms with van der Waals surface area (Å²) in [5.41, 5.74) is 0. The molecule has 1 fully saturated rings. The van der Waals surface area contributed by atoms with E-state index in [2.05, 4.69) is 20.8 Å². The predicted molar refractivity (Wildman–Crippen MR) is 89.8 cm³/mol. The zero-order valence-electron chi connectivity index (χ0n) is 13.0. The van der Waals surface area contributed by atoms with Crippen LogP contribution in [0.5, 0.6) is 0 Å². The summed E-state index contributed by atoms with van der Waals surface area (Å²) < 4.78 is 0.668. The summed E-state index contributed by atoms with van der Waals surface area (Å²) in [6.45, 7) is 8.18. The highest BCUT2D eigenvalue weighted by atomic mass is 32.2. The lowest BCUT2D eigenvalue weighted by Gasteiger charge is -2.30. The Morgan fingerprint density at radius 3 is 2.65 bits per heavy atom. The van der Waals surface area contributed by atoms with Crippen LogP contribution in [0.15, 0.2) is 0 Å². The number of unbranched alkanes of at least 4 members (excludes halogenated alkanes) is 2. The van der Waals surface area contributed by atoms with E-state index in [1.165, 1.54) is 0 Å². The lowest BCUT2D eigenvalue weighted by Crippen LogP contribution is -2.46. The quantitative estimate of drug-likeness (QED) is 0.577. The second-order valence-electron chi connectivity index (χ2n) is 5.95. The van der Waals surface area contributed by atoms with E-state index >= 15 is 0 Å². The Kier molecular flexibility index (Phi) is 7.48. The number of rotatable bonds is 7. The standard InChI is InChI=1S/C15H27NO2S2/c1-5-6-7-8-13(17)11(4)14(18)16-12(10(2)3)9-20-15(16)19/h10-13,17H,5-9H2,1-4H3/t11-,12+,13+/m0/s1. The molecule has 0 aromatic heterocycles. The SMILES string of the molecule is CCCCC[C@@H](O)[C@H](C)C(=O)N1C(=S)SC[C@@H]1C(C)C. The van der Waals surface area contributed by atoms with Gasteiger partial charge in [-0.2, -0.15) is 0 Å². The first kappa shape index (κ1) is 17.9. The van der Waals surface area contributed by atoms with Gasteiger partial charge in [-0.15, -0.1) is 0 Å². The van der Waals surface area contributed by atoms with Gasteiger partial charge in [-0.3, -0.25) is 9.69 Å². The molecule has 0 aromatic carbocycles. The van der Waals surface area contributed by atoms with E-state index < -0.39 is 6.10 Å². The van der Waals surface area contributed by atoms with E-state index in [9.17, 15) is 9.90 Å². The third-order valence-corrected chi connectivity index (χ3v) is 5.49. The maximum atomic E-state index is 12.6. The molecule has 0 bridgehead atoms. The molecule has 0 aromatic rings. The van der Waals surface area contributed by atoms with Gasteiger partial charge in [0.2, 0.25) is 5.91 Å². The first-order valence-electron chi connectivity index (χ1n) is 7.58. The minimum Gasteiger partial charge on any atom is -0.392 e. The molecule has 1 rings (SSSR count). The van der Waals surface area contributed by atoms with Gasteiger partial charge in [-0.05, 0) is 12.3 Å². The molecule has 3 nitrogen and oxygen atoms in total. The summed E-state index contributed by atoms with van der Waals surface area (Å²) in [7, 11) is 0. The topological polar surface area (TPSA) is 40.5 Å². The van der Waals surface area contributed by atoms with E-state index in [1.807, 2.05) is 6.92 Å². The number of hydrogen-bond donors (Lipinski definition) is 1. The summed E-state index contributed by atoms with van der Waals surface area (Å²) >= 11 is 6.89. The van der Waals surface area contributed by atoms with Gasteiger partial charge in [0.15, 0.2) is 0 Å². The maximum absolute atomic E-state index is 12.6. The Morgan fingerprint density at radius 1 is 1.45 bits per heavy atom. The van der Waals surface area contributed by atoms with Gasteiger partial charge in [-0.1, -0.05) is 70.9 Å². The van der Waals surface area contributed by atoms with Crippen LogP contribution in [-0.2, 0) is 4.79 Å². The summed E-state index contributed by atoms with van der Waals surface area (Å²) in [6, 6.07) is 0.172. The molecule has 1 aliphatic rings. The highest BCUT2D eigenvalue weighted by Gasteiger charge is 2.38. The molecule has 1 N–H and O–H groups in total. The average molecular weight is 318 g/mol. The molecule has 0 unspecified atom stereocenters. The number of hydrogen-bond acceptors (Lipinski definition) is 4. The van der Waals surface area contributed by atoms with Gasteiger partial charge in [0.25, 0.3) is 0 Å². The molecule has 5 heteroatoms. The second-order valence-corrected chi connectivity index (χ2v) is 7.60. The van der Waals surface area contributed by atoms with E-state index in [1.54, 1.807) is 16.7 Å². The summed E-state index contributed by atoms with van der Waals surface area (Å²) in [4.78, 5) is 14.4. The number of carbonyl (C=O) groups excluding carboxylic acids is 1. The van der Waals surface area contributed by atoms with Crippen molar-refractivity contribution in [3.63, 3.8) is 0 Å². The van der Waals surface area contributed by atoms with E-state index in [0.29, 0.717) is 16.7 Å². The van der Waals surface area contributed by atoms with Crippen molar-refractivity contribution in [3.8, 4) is 0 Å². The molecule has 1 heterocycles. The fourth-order valence-electron chi connectivity index (χ4n) is 2.42. The van der Waals surface area contributed by atoms with Crippen LogP contribution in [0.4, 0.5) is 0 Å². The number of aliphatic hydroxyl groups excluding tert-OH is 1. The molecule has 20 heavy (non-hydrogen) atoms. The normalized spacial score (nSPS) is 22.4. The fourth-order valence-corrected chi connectivity index (χ4v) is 4.06. The van der Waals surface area contributed by atoms with E-state index in [0.717, 1.165) is 25.0 Å². The molecule has 0 aliphatic carbocycles. The third-order valence-electron chi connectivity index (χ3n) is 3.98. The van der Waals surface area contributed by atoms with E-state index in [-0.39, 0.29) is 17.9 Å². The molecule has 1 saturated heterocycles. The van der Waals surface area contributed by atoms with Crippen LogP contribution >= 0.6 is 24.0 Å². The minimum atomic E-state index is -0.560. The van der Waals surface area contributed by atoms with Crippen molar-refractivity contribution >= 4 is 34.2 Å². The largest absolute Gasteiger partial charge is 0.392 e. The molecule has 0 saturated carbocycles. The van der Waals surface area contributed by atoms with Crippen molar-refractivity contribution in [2.75, 3.05) is 5.75 Å². The second kappa shape index (κ2) is 8.35. The van der Waals surface area contributed by atoms with Crippen molar-refractivity contribution in [1.82, 2.24) is 4.90 Å². The number of nitrogens with zero attached hydrogens (tertiary/aromatic N) is 1. The van der Waals surface area contributed by atoms with Crippen LogP contribution in [0.25, 0.3) is 0 Å². The Labute approximate surface area is 132 Å². The zero-order chi connectivity index (χ0) is 15.3. The number of aliphatic hydroxyl groups is 1. The molecule has 1 amide bonds. The smallest absolute Gasteiger partial charge is 0.233 e. The Hall–Kier alpha value is -0.130. The molecular weight excluding hydrogens is 290 g/mol. The van der Waals surface area contributed by atoms with Crippen LogP contribution in [-0.4, -0.2) is 38.1 Å². The maximum Gasteiger partial charge on any atom is 0.233 e. The Morgan fingerprint density at radius 2 is 2.10 bits per heavy atom. The van der Waals surface area contributed by atoms with Crippen molar-refractivity contribution in [3.05, 3.63) is 0 Å². The summed E-state index contributed by atoms with van der Waals surface area (Å²) in [6.07, 6.45) is 3.33. The zero-order valence-corrected chi connectivity index (χ0v) is 14.6. The highest BCUT2D eigenvalue weighted by molar-refractivity contribution is 8.23. The van der Waals surface area contributed by atoms with Crippen molar-refractivity contribution in [2.45, 2.75) is 65.5 Å². The van der Waals surface area contributed by atoms with Crippen LogP contribution in [0.2, 0.25) is 0 Å². The van der Waals surface area contributed by atoms with Gasteiger partial charge in [0.05, 0.1) is 12.0 Å². The fraction of sp³-hybridized carbons (Fsp3) is 0.867. The first-order valence-corrected chi connectivity index (χ1v) is 8.97. The third kappa shape index (κ3) is 4.43. The van der Waals surface area contributed by atoms with Crippen LogP contribution in [0.3, 0.4) is 0 Å². The van der Waals surface area contributed by atoms with Gasteiger partial charge in [0.1, 0.15) is 4.32 Å². The molecular formula is C15H27NO2S2. The Balaban J connectivity index is 2.64. The molecule has 0 spiro atoms. The number of carbonyl (C=O) groups is 1. The van der Waals surface area contributed by atoms with Crippen LogP contribution in [0, 0.1) is 11.8 Å². The summed E-state index contributed by atoms with van der Waals surface area (Å²) in [5, 5.41) is 10.2. The molecule has 0 radical (unpaired) electrons. The van der Waals surface area contributed by atoms with Crippen molar-refractivity contribution < 1.29 is 9.90 Å². The molecule has 1 aliphatic heterocycles. The molecule has 3 atom stereocenters. The highest BCUT2D eigenvalue weighted by Crippen LogP contribution is 2.31. The van der Waals surface area contributed by atoms with Crippen molar-refractivity contribution in [1.29, 1.82) is 0 Å². The Bertz CT molecular complexity index is 347. The average Bonchev–Trinajstić information content (AvgIpc) is 2.79. The summed E-state index contributed by atoms with van der Waals surface area (Å²) in [5.74, 6) is 0.879. The number of thiocarbonyl (C=S) groups is 1. The van der Waals surface area contributed by atoms with E-state index in [4.69, 9.17) is 12.2 Å². The van der Waals surface area contributed by atoms with Gasteiger partial charge < -0.3 is 5.11 Å². The van der Waals surface area contributed by atoms with Crippen LogP contribution in [0.1, 0.15) is 53.4 Å². The van der Waals surface area contributed by atoms with Gasteiger partial charge in [-0.25, -0.2) is 0 Å². The predicted octanol–water partition coefficient (Wildman–Crippen LogP) is 3.45.